The van der Waals surface area contributed by atoms with Crippen LogP contribution in [-0.4, -0.2) is 43.1 Å². The largest absolute Gasteiger partial charge is 0.465 e. The van der Waals surface area contributed by atoms with Gasteiger partial charge in [-0.15, -0.1) is 0 Å². The highest BCUT2D eigenvalue weighted by molar-refractivity contribution is 5.44. The second-order valence-corrected chi connectivity index (χ2v) is 6.07. The molecule has 0 fully saturated rings. The first-order valence-corrected chi connectivity index (χ1v) is 7.98. The van der Waals surface area contributed by atoms with Gasteiger partial charge in [0.25, 0.3) is 0 Å². The highest BCUT2D eigenvalue weighted by atomic mass is 16.7. The number of fused-ring (bicyclic) bond motifs is 1. The summed E-state index contributed by atoms with van der Waals surface area (Å²) in [6.45, 7) is 4.06. The Labute approximate surface area is 141 Å². The van der Waals surface area contributed by atoms with E-state index in [-0.39, 0.29) is 13.4 Å². The number of ether oxygens (including phenoxy) is 3. The van der Waals surface area contributed by atoms with E-state index in [0.717, 1.165) is 28.6 Å². The van der Waals surface area contributed by atoms with E-state index in [1.165, 1.54) is 0 Å². The van der Waals surface area contributed by atoms with Gasteiger partial charge in [0.15, 0.2) is 11.5 Å². The topological polar surface area (TPSA) is 64.3 Å². The van der Waals surface area contributed by atoms with E-state index in [9.17, 15) is 5.11 Å². The van der Waals surface area contributed by atoms with Crippen molar-refractivity contribution in [2.24, 2.45) is 0 Å². The van der Waals surface area contributed by atoms with Gasteiger partial charge < -0.3 is 23.7 Å². The number of likely N-dealkylation sites (N-methyl/N-ethyl adjacent to an activating group) is 1. The lowest BCUT2D eigenvalue weighted by Crippen LogP contribution is -2.31. The van der Waals surface area contributed by atoms with Crippen LogP contribution in [0.4, 0.5) is 0 Å². The minimum Gasteiger partial charge on any atom is -0.465 e. The molecule has 0 saturated heterocycles. The zero-order valence-corrected chi connectivity index (χ0v) is 14.0. The van der Waals surface area contributed by atoms with Crippen molar-refractivity contribution in [2.45, 2.75) is 26.2 Å². The predicted octanol–water partition coefficient (Wildman–Crippen LogP) is 2.33. The van der Waals surface area contributed by atoms with Crippen LogP contribution in [0, 0.1) is 6.92 Å². The summed E-state index contributed by atoms with van der Waals surface area (Å²) in [7, 11) is 1.94. The van der Waals surface area contributed by atoms with Crippen molar-refractivity contribution in [3.63, 3.8) is 0 Å². The van der Waals surface area contributed by atoms with Gasteiger partial charge in [0.1, 0.15) is 11.5 Å². The quantitative estimate of drug-likeness (QED) is 0.800. The third kappa shape index (κ3) is 4.50. The molecule has 6 nitrogen and oxygen atoms in total. The monoisotopic (exact) mass is 333 g/mol. The fraction of sp³-hybridized carbons (Fsp3) is 0.444. The van der Waals surface area contributed by atoms with E-state index in [0.29, 0.717) is 19.7 Å². The van der Waals surface area contributed by atoms with Gasteiger partial charge in [-0.25, -0.2) is 0 Å². The number of aryl methyl sites for hydroxylation is 1. The first-order valence-electron chi connectivity index (χ1n) is 7.98. The van der Waals surface area contributed by atoms with Gasteiger partial charge in [-0.3, -0.25) is 4.90 Å². The van der Waals surface area contributed by atoms with E-state index in [1.54, 1.807) is 0 Å². The average molecular weight is 333 g/mol. The Morgan fingerprint density at radius 3 is 2.83 bits per heavy atom. The summed E-state index contributed by atoms with van der Waals surface area (Å²) in [4.78, 5) is 2.01. The summed E-state index contributed by atoms with van der Waals surface area (Å²) in [5.41, 5.74) is 0.992. The molecule has 1 atom stereocenters. The Kier molecular flexibility index (Phi) is 5.40. The zero-order chi connectivity index (χ0) is 16.9. The van der Waals surface area contributed by atoms with Crippen LogP contribution in [0.3, 0.4) is 0 Å². The summed E-state index contributed by atoms with van der Waals surface area (Å²) in [5.74, 6) is 3.29. The molecule has 1 aromatic heterocycles. The highest BCUT2D eigenvalue weighted by Gasteiger charge is 2.14. The number of hydrogen-bond acceptors (Lipinski definition) is 6. The van der Waals surface area contributed by atoms with Gasteiger partial charge in [0, 0.05) is 6.54 Å². The second kappa shape index (κ2) is 7.70. The Balaban J connectivity index is 1.38. The number of nitrogens with zero attached hydrogens (tertiary/aromatic N) is 1. The molecule has 0 radical (unpaired) electrons. The first kappa shape index (κ1) is 16.8. The van der Waals surface area contributed by atoms with Crippen LogP contribution >= 0.6 is 0 Å². The molecular weight excluding hydrogens is 310 g/mol. The van der Waals surface area contributed by atoms with Crippen LogP contribution in [0.25, 0.3) is 0 Å². The number of benzene rings is 1. The number of rotatable bonds is 8. The molecule has 0 amide bonds. The van der Waals surface area contributed by atoms with Gasteiger partial charge in [0.05, 0.1) is 25.9 Å². The molecule has 1 N–H and O–H groups in total. The smallest absolute Gasteiger partial charge is 0.231 e. The van der Waals surface area contributed by atoms with E-state index < -0.39 is 6.10 Å². The summed E-state index contributed by atoms with van der Waals surface area (Å²) in [5, 5.41) is 10.1. The third-order valence-corrected chi connectivity index (χ3v) is 3.76. The minimum atomic E-state index is -0.555. The molecule has 0 saturated carbocycles. The molecule has 1 aliphatic rings. The van der Waals surface area contributed by atoms with Gasteiger partial charge >= 0.3 is 0 Å². The molecule has 24 heavy (non-hydrogen) atoms. The van der Waals surface area contributed by atoms with E-state index in [2.05, 4.69) is 0 Å². The Hall–Kier alpha value is -2.02. The molecule has 1 unspecified atom stereocenters. The molecule has 1 aliphatic heterocycles. The van der Waals surface area contributed by atoms with Crippen LogP contribution in [0.15, 0.2) is 34.7 Å². The van der Waals surface area contributed by atoms with Gasteiger partial charge in [0.2, 0.25) is 6.79 Å². The van der Waals surface area contributed by atoms with Crippen LogP contribution in [0.1, 0.15) is 17.1 Å². The summed E-state index contributed by atoms with van der Waals surface area (Å²) in [6.07, 6.45) is -0.555. The predicted molar refractivity (Wildman–Crippen MR) is 88.0 cm³/mol. The zero-order valence-electron chi connectivity index (χ0n) is 14.0. The van der Waals surface area contributed by atoms with Gasteiger partial charge in [-0.2, -0.15) is 0 Å². The molecule has 3 rings (SSSR count). The van der Waals surface area contributed by atoms with E-state index in [1.807, 2.05) is 49.2 Å². The average Bonchev–Trinajstić information content (AvgIpc) is 3.15. The minimum absolute atomic E-state index is 0.264. The molecule has 0 spiro atoms. The molecule has 6 heteroatoms. The second-order valence-electron chi connectivity index (χ2n) is 6.07. The van der Waals surface area contributed by atoms with Crippen LogP contribution in [0.2, 0.25) is 0 Å². The van der Waals surface area contributed by atoms with Crippen molar-refractivity contribution in [3.8, 4) is 11.5 Å². The van der Waals surface area contributed by atoms with Crippen molar-refractivity contribution < 1.29 is 23.7 Å². The molecular formula is C18H23NO5. The molecule has 0 aliphatic carbocycles. The molecule has 2 aromatic rings. The summed E-state index contributed by atoms with van der Waals surface area (Å²) >= 11 is 0. The Bertz CT molecular complexity index is 669. The SMILES string of the molecule is Cc1ccc(CN(C)CC(O)COCc2ccc3c(c2)OCO3)o1. The summed E-state index contributed by atoms with van der Waals surface area (Å²) in [6, 6.07) is 9.60. The molecule has 130 valence electrons. The number of aliphatic hydroxyl groups is 1. The molecule has 1 aromatic carbocycles. The lowest BCUT2D eigenvalue weighted by Gasteiger charge is -2.19. The maximum Gasteiger partial charge on any atom is 0.231 e. The molecule has 2 heterocycles. The van der Waals surface area contributed by atoms with Gasteiger partial charge in [-0.05, 0) is 43.8 Å². The van der Waals surface area contributed by atoms with Crippen molar-refractivity contribution in [1.82, 2.24) is 4.90 Å². The van der Waals surface area contributed by atoms with Crippen LogP contribution < -0.4 is 9.47 Å². The van der Waals surface area contributed by atoms with Gasteiger partial charge in [-0.1, -0.05) is 6.07 Å². The Morgan fingerprint density at radius 1 is 1.21 bits per heavy atom. The lowest BCUT2D eigenvalue weighted by molar-refractivity contribution is 0.0119. The first-order chi connectivity index (χ1) is 11.6. The number of aliphatic hydroxyl groups excluding tert-OH is 1. The number of hydrogen-bond donors (Lipinski definition) is 1. The van der Waals surface area contributed by atoms with Crippen molar-refractivity contribution in [1.29, 1.82) is 0 Å². The number of furan rings is 1. The van der Waals surface area contributed by atoms with Crippen molar-refractivity contribution >= 4 is 0 Å². The Morgan fingerprint density at radius 2 is 2.04 bits per heavy atom. The van der Waals surface area contributed by atoms with Crippen LogP contribution in [-0.2, 0) is 17.9 Å². The highest BCUT2D eigenvalue weighted by Crippen LogP contribution is 2.32. The molecule has 0 bridgehead atoms. The van der Waals surface area contributed by atoms with Crippen molar-refractivity contribution in [3.05, 3.63) is 47.4 Å². The third-order valence-electron chi connectivity index (χ3n) is 3.76. The van der Waals surface area contributed by atoms with E-state index in [4.69, 9.17) is 18.6 Å². The standard InChI is InChI=1S/C18H23NO5/c1-13-3-5-16(24-13)9-19(2)8-15(20)11-21-10-14-4-6-17-18(7-14)23-12-22-17/h3-7,15,20H,8-12H2,1-2H3. The maximum absolute atomic E-state index is 10.1. The fourth-order valence-corrected chi connectivity index (χ4v) is 2.66. The van der Waals surface area contributed by atoms with E-state index >= 15 is 0 Å². The van der Waals surface area contributed by atoms with Crippen molar-refractivity contribution in [2.75, 3.05) is 27.0 Å². The normalized spacial score (nSPS) is 14.3. The lowest BCUT2D eigenvalue weighted by atomic mass is 10.2. The summed E-state index contributed by atoms with van der Waals surface area (Å²) < 4.78 is 21.7. The maximum atomic E-state index is 10.1. The fourth-order valence-electron chi connectivity index (χ4n) is 2.66. The van der Waals surface area contributed by atoms with Crippen LogP contribution in [0.5, 0.6) is 11.5 Å².